The summed E-state index contributed by atoms with van der Waals surface area (Å²) in [5.74, 6) is 2.19. The lowest BCUT2D eigenvalue weighted by atomic mass is 10.1. The van der Waals surface area contributed by atoms with E-state index in [-0.39, 0.29) is 11.8 Å². The molecule has 0 aliphatic rings. The van der Waals surface area contributed by atoms with Crippen molar-refractivity contribution >= 4 is 16.9 Å². The fraction of sp³-hybridized carbons (Fsp3) is 0.440. The molecule has 1 amide bonds. The third-order valence-electron chi connectivity index (χ3n) is 5.21. The molecule has 0 atom stereocenters. The summed E-state index contributed by atoms with van der Waals surface area (Å²) in [6.45, 7) is 8.04. The number of unbranched alkanes of at least 4 members (excludes halogenated alkanes) is 2. The van der Waals surface area contributed by atoms with E-state index in [4.69, 9.17) is 9.72 Å². The van der Waals surface area contributed by atoms with Crippen molar-refractivity contribution in [3.8, 4) is 5.75 Å². The van der Waals surface area contributed by atoms with E-state index in [1.165, 1.54) is 5.56 Å². The quantitative estimate of drug-likeness (QED) is 0.460. The summed E-state index contributed by atoms with van der Waals surface area (Å²) in [5.41, 5.74) is 3.39. The smallest absolute Gasteiger partial charge is 0.222 e. The molecule has 0 aliphatic carbocycles. The SMILES string of the molecule is Cc1cccc(OCCn2c(CCCCCNC(=O)C(C)C)nc3ccccc32)c1. The predicted molar refractivity (Wildman–Crippen MR) is 122 cm³/mol. The number of aromatic nitrogens is 2. The molecule has 160 valence electrons. The molecule has 0 spiro atoms. The molecule has 1 aromatic heterocycles. The Labute approximate surface area is 179 Å². The molecule has 0 fully saturated rings. The second-order valence-corrected chi connectivity index (χ2v) is 8.09. The Bertz CT molecular complexity index is 962. The number of hydrogen-bond donors (Lipinski definition) is 1. The second-order valence-electron chi connectivity index (χ2n) is 8.09. The molecule has 0 aliphatic heterocycles. The van der Waals surface area contributed by atoms with E-state index in [0.29, 0.717) is 6.61 Å². The normalized spacial score (nSPS) is 11.2. The second kappa shape index (κ2) is 10.8. The van der Waals surface area contributed by atoms with Crippen molar-refractivity contribution in [1.29, 1.82) is 0 Å². The van der Waals surface area contributed by atoms with Crippen LogP contribution in [0.2, 0.25) is 0 Å². The first-order valence-electron chi connectivity index (χ1n) is 11.0. The fourth-order valence-electron chi connectivity index (χ4n) is 3.53. The molecule has 30 heavy (non-hydrogen) atoms. The summed E-state index contributed by atoms with van der Waals surface area (Å²) in [4.78, 5) is 16.5. The minimum atomic E-state index is 0.0481. The summed E-state index contributed by atoms with van der Waals surface area (Å²) < 4.78 is 8.26. The average Bonchev–Trinajstić information content (AvgIpc) is 3.08. The number of imidazole rings is 1. The van der Waals surface area contributed by atoms with Crippen LogP contribution in [0.1, 0.15) is 44.5 Å². The molecule has 3 aromatic rings. The van der Waals surface area contributed by atoms with Crippen LogP contribution in [0.4, 0.5) is 0 Å². The fourth-order valence-corrected chi connectivity index (χ4v) is 3.53. The van der Waals surface area contributed by atoms with Crippen molar-refractivity contribution < 1.29 is 9.53 Å². The van der Waals surface area contributed by atoms with Crippen molar-refractivity contribution in [3.63, 3.8) is 0 Å². The first kappa shape index (κ1) is 21.9. The Morgan fingerprint density at radius 1 is 1.10 bits per heavy atom. The van der Waals surface area contributed by atoms with E-state index in [1.807, 2.05) is 32.0 Å². The summed E-state index contributed by atoms with van der Waals surface area (Å²) in [7, 11) is 0. The van der Waals surface area contributed by atoms with E-state index in [2.05, 4.69) is 47.1 Å². The zero-order valence-corrected chi connectivity index (χ0v) is 18.4. The monoisotopic (exact) mass is 407 g/mol. The van der Waals surface area contributed by atoms with Crippen molar-refractivity contribution in [2.24, 2.45) is 5.92 Å². The number of rotatable bonds is 11. The summed E-state index contributed by atoms with van der Waals surface area (Å²) in [6.07, 6.45) is 4.05. The topological polar surface area (TPSA) is 56.1 Å². The number of amides is 1. The number of fused-ring (bicyclic) bond motifs is 1. The zero-order valence-electron chi connectivity index (χ0n) is 18.4. The molecule has 5 nitrogen and oxygen atoms in total. The van der Waals surface area contributed by atoms with E-state index < -0.39 is 0 Å². The molecule has 0 saturated carbocycles. The highest BCUT2D eigenvalue weighted by Gasteiger charge is 2.11. The Kier molecular flexibility index (Phi) is 7.89. The standard InChI is InChI=1S/C25H33N3O2/c1-19(2)25(29)26-15-8-4-5-14-24-27-22-12-6-7-13-23(22)28(24)16-17-30-21-11-9-10-20(3)18-21/h6-7,9-13,18-19H,4-5,8,14-17H2,1-3H3,(H,26,29). The third kappa shape index (κ3) is 6.09. The van der Waals surface area contributed by atoms with E-state index in [9.17, 15) is 4.79 Å². The van der Waals surface area contributed by atoms with Crippen LogP contribution in [0, 0.1) is 12.8 Å². The highest BCUT2D eigenvalue weighted by Crippen LogP contribution is 2.19. The lowest BCUT2D eigenvalue weighted by Gasteiger charge is -2.11. The molecule has 1 heterocycles. The molecule has 0 unspecified atom stereocenters. The summed E-state index contributed by atoms with van der Waals surface area (Å²) >= 11 is 0. The van der Waals surface area contributed by atoms with Gasteiger partial charge in [-0.1, -0.05) is 44.5 Å². The highest BCUT2D eigenvalue weighted by molar-refractivity contribution is 5.77. The van der Waals surface area contributed by atoms with Crippen molar-refractivity contribution in [3.05, 3.63) is 59.9 Å². The van der Waals surface area contributed by atoms with Crippen molar-refractivity contribution in [2.75, 3.05) is 13.2 Å². The maximum absolute atomic E-state index is 11.6. The average molecular weight is 408 g/mol. The van der Waals surface area contributed by atoms with Gasteiger partial charge in [-0.15, -0.1) is 0 Å². The lowest BCUT2D eigenvalue weighted by molar-refractivity contribution is -0.123. The first-order chi connectivity index (χ1) is 14.5. The molecule has 0 bridgehead atoms. The van der Waals surface area contributed by atoms with Crippen LogP contribution >= 0.6 is 0 Å². The van der Waals surface area contributed by atoms with Gasteiger partial charge in [0, 0.05) is 18.9 Å². The third-order valence-corrected chi connectivity index (χ3v) is 5.21. The Morgan fingerprint density at radius 2 is 1.93 bits per heavy atom. The van der Waals surface area contributed by atoms with Crippen LogP contribution in [-0.4, -0.2) is 28.6 Å². The molecular formula is C25H33N3O2. The number of carbonyl (C=O) groups is 1. The van der Waals surface area contributed by atoms with Gasteiger partial charge in [0.25, 0.3) is 0 Å². The number of carbonyl (C=O) groups excluding carboxylic acids is 1. The van der Waals surface area contributed by atoms with E-state index in [1.54, 1.807) is 0 Å². The van der Waals surface area contributed by atoms with Gasteiger partial charge in [-0.2, -0.15) is 0 Å². The number of hydrogen-bond acceptors (Lipinski definition) is 3. The Balaban J connectivity index is 1.54. The van der Waals surface area contributed by atoms with Gasteiger partial charge in [0.15, 0.2) is 0 Å². The Hall–Kier alpha value is -2.82. The van der Waals surface area contributed by atoms with Gasteiger partial charge in [0.2, 0.25) is 5.91 Å². The maximum Gasteiger partial charge on any atom is 0.222 e. The molecule has 2 aromatic carbocycles. The minimum Gasteiger partial charge on any atom is -0.492 e. The largest absolute Gasteiger partial charge is 0.492 e. The van der Waals surface area contributed by atoms with E-state index >= 15 is 0 Å². The summed E-state index contributed by atoms with van der Waals surface area (Å²) in [5, 5.41) is 2.98. The molecule has 0 radical (unpaired) electrons. The molecule has 0 saturated heterocycles. The van der Waals surface area contributed by atoms with Gasteiger partial charge in [-0.05, 0) is 49.6 Å². The van der Waals surface area contributed by atoms with Gasteiger partial charge >= 0.3 is 0 Å². The Morgan fingerprint density at radius 3 is 2.73 bits per heavy atom. The highest BCUT2D eigenvalue weighted by atomic mass is 16.5. The molecule has 1 N–H and O–H groups in total. The zero-order chi connectivity index (χ0) is 21.3. The van der Waals surface area contributed by atoms with Gasteiger partial charge in [-0.25, -0.2) is 4.98 Å². The van der Waals surface area contributed by atoms with Crippen LogP contribution in [0.25, 0.3) is 11.0 Å². The van der Waals surface area contributed by atoms with Crippen LogP contribution in [-0.2, 0) is 17.8 Å². The predicted octanol–water partition coefficient (Wildman–Crippen LogP) is 4.91. The van der Waals surface area contributed by atoms with Gasteiger partial charge in [0.1, 0.15) is 18.2 Å². The number of nitrogens with one attached hydrogen (secondary N) is 1. The van der Waals surface area contributed by atoms with Crippen LogP contribution in [0.15, 0.2) is 48.5 Å². The molecular weight excluding hydrogens is 374 g/mol. The number of para-hydroxylation sites is 2. The first-order valence-corrected chi connectivity index (χ1v) is 11.0. The molecule has 5 heteroatoms. The minimum absolute atomic E-state index is 0.0481. The number of nitrogens with zero attached hydrogens (tertiary/aromatic N) is 2. The van der Waals surface area contributed by atoms with Gasteiger partial charge < -0.3 is 14.6 Å². The van der Waals surface area contributed by atoms with Crippen LogP contribution in [0.3, 0.4) is 0 Å². The molecule has 3 rings (SSSR count). The van der Waals surface area contributed by atoms with Crippen LogP contribution in [0.5, 0.6) is 5.75 Å². The number of ether oxygens (including phenoxy) is 1. The van der Waals surface area contributed by atoms with Crippen LogP contribution < -0.4 is 10.1 Å². The summed E-state index contributed by atoms with van der Waals surface area (Å²) in [6, 6.07) is 16.4. The van der Waals surface area contributed by atoms with Crippen molar-refractivity contribution in [2.45, 2.75) is 53.0 Å². The maximum atomic E-state index is 11.6. The van der Waals surface area contributed by atoms with Gasteiger partial charge in [-0.3, -0.25) is 4.79 Å². The van der Waals surface area contributed by atoms with E-state index in [0.717, 1.165) is 61.4 Å². The van der Waals surface area contributed by atoms with Gasteiger partial charge in [0.05, 0.1) is 17.6 Å². The number of aryl methyl sites for hydroxylation is 2. The number of benzene rings is 2. The van der Waals surface area contributed by atoms with Crippen molar-refractivity contribution in [1.82, 2.24) is 14.9 Å². The lowest BCUT2D eigenvalue weighted by Crippen LogP contribution is -2.28.